The van der Waals surface area contributed by atoms with Crippen LogP contribution in [0.1, 0.15) is 58.1 Å². The van der Waals surface area contributed by atoms with Crippen LogP contribution in [0.5, 0.6) is 0 Å². The fourth-order valence-corrected chi connectivity index (χ4v) is 2.87. The van der Waals surface area contributed by atoms with E-state index in [1.165, 1.54) is 24.8 Å². The number of aliphatic hydroxyl groups excluding tert-OH is 1. The molecule has 1 aromatic rings. The van der Waals surface area contributed by atoms with E-state index in [0.29, 0.717) is 12.1 Å². The van der Waals surface area contributed by atoms with E-state index in [-0.39, 0.29) is 11.5 Å². The van der Waals surface area contributed by atoms with Crippen LogP contribution in [0.15, 0.2) is 30.3 Å². The van der Waals surface area contributed by atoms with Crippen LogP contribution >= 0.6 is 0 Å². The average Bonchev–Trinajstić information content (AvgIpc) is 2.43. The number of aliphatic hydroxyl groups is 1. The highest BCUT2D eigenvalue weighted by Gasteiger charge is 2.47. The molecular weight excluding hydrogens is 234 g/mol. The second-order valence-electron chi connectivity index (χ2n) is 6.40. The Hall–Kier alpha value is -0.860. The van der Waals surface area contributed by atoms with Crippen LogP contribution < -0.4 is 5.32 Å². The maximum atomic E-state index is 9.87. The highest BCUT2D eigenvalue weighted by atomic mass is 16.3. The molecule has 106 valence electrons. The van der Waals surface area contributed by atoms with Crippen molar-refractivity contribution in [1.29, 1.82) is 0 Å². The summed E-state index contributed by atoms with van der Waals surface area (Å²) in [5.41, 5.74) is 1.37. The number of hydrogen-bond donors (Lipinski definition) is 2. The van der Waals surface area contributed by atoms with Gasteiger partial charge in [0.25, 0.3) is 0 Å². The zero-order valence-electron chi connectivity index (χ0n) is 12.4. The minimum absolute atomic E-state index is 0.000749. The minimum atomic E-state index is -0.160. The number of nitrogens with one attached hydrogen (secondary N) is 1. The van der Waals surface area contributed by atoms with Crippen molar-refractivity contribution < 1.29 is 5.11 Å². The Kier molecular flexibility index (Phi) is 4.64. The van der Waals surface area contributed by atoms with Crippen molar-refractivity contribution in [2.75, 3.05) is 0 Å². The molecule has 1 aliphatic rings. The minimum Gasteiger partial charge on any atom is -0.392 e. The molecule has 3 atom stereocenters. The van der Waals surface area contributed by atoms with Gasteiger partial charge in [0.1, 0.15) is 0 Å². The molecule has 0 radical (unpaired) electrons. The second kappa shape index (κ2) is 6.06. The molecule has 0 saturated heterocycles. The van der Waals surface area contributed by atoms with E-state index >= 15 is 0 Å². The van der Waals surface area contributed by atoms with Crippen LogP contribution in [0.4, 0.5) is 0 Å². The Balaban J connectivity index is 2.03. The van der Waals surface area contributed by atoms with Gasteiger partial charge in [-0.3, -0.25) is 0 Å². The summed E-state index contributed by atoms with van der Waals surface area (Å²) >= 11 is 0. The standard InChI is InChI=1S/C17H27NO/c1-4-5-11-14(13-9-7-6-8-10-13)18-15-12-16(19)17(15,2)3/h6-10,14-16,18-19H,4-5,11-12H2,1-3H3. The van der Waals surface area contributed by atoms with Crippen LogP contribution in [0.25, 0.3) is 0 Å². The molecule has 3 unspecified atom stereocenters. The third-order valence-corrected chi connectivity index (χ3v) is 4.67. The van der Waals surface area contributed by atoms with Crippen LogP contribution in [0.3, 0.4) is 0 Å². The number of benzene rings is 1. The van der Waals surface area contributed by atoms with Crippen LogP contribution in [0.2, 0.25) is 0 Å². The van der Waals surface area contributed by atoms with Gasteiger partial charge >= 0.3 is 0 Å². The van der Waals surface area contributed by atoms with Gasteiger partial charge in [-0.2, -0.15) is 0 Å². The molecule has 1 fully saturated rings. The Morgan fingerprint density at radius 2 is 2.00 bits per heavy atom. The first-order valence-corrected chi connectivity index (χ1v) is 7.54. The van der Waals surface area contributed by atoms with Crippen LogP contribution in [-0.4, -0.2) is 17.3 Å². The van der Waals surface area contributed by atoms with Crippen LogP contribution in [-0.2, 0) is 0 Å². The quantitative estimate of drug-likeness (QED) is 0.819. The summed E-state index contributed by atoms with van der Waals surface area (Å²) in [5.74, 6) is 0. The molecule has 0 heterocycles. The zero-order chi connectivity index (χ0) is 13.9. The summed E-state index contributed by atoms with van der Waals surface area (Å²) < 4.78 is 0. The van der Waals surface area contributed by atoms with Gasteiger partial charge in [-0.25, -0.2) is 0 Å². The fraction of sp³-hybridized carbons (Fsp3) is 0.647. The zero-order valence-corrected chi connectivity index (χ0v) is 12.4. The summed E-state index contributed by atoms with van der Waals surface area (Å²) in [4.78, 5) is 0. The molecule has 19 heavy (non-hydrogen) atoms. The molecule has 2 N–H and O–H groups in total. The molecule has 0 spiro atoms. The van der Waals surface area contributed by atoms with E-state index < -0.39 is 0 Å². The molecule has 0 aliphatic heterocycles. The fourth-order valence-electron chi connectivity index (χ4n) is 2.87. The Morgan fingerprint density at radius 3 is 2.53 bits per heavy atom. The van der Waals surface area contributed by atoms with Gasteiger partial charge in [-0.1, -0.05) is 63.9 Å². The highest BCUT2D eigenvalue weighted by molar-refractivity contribution is 5.20. The molecule has 2 heteroatoms. The Morgan fingerprint density at radius 1 is 1.32 bits per heavy atom. The van der Waals surface area contributed by atoms with Crippen molar-refractivity contribution in [1.82, 2.24) is 5.32 Å². The lowest BCUT2D eigenvalue weighted by Crippen LogP contribution is -2.60. The van der Waals surface area contributed by atoms with Crippen molar-refractivity contribution in [2.45, 2.75) is 64.6 Å². The molecule has 0 aromatic heterocycles. The van der Waals surface area contributed by atoms with Gasteiger partial charge in [-0.15, -0.1) is 0 Å². The van der Waals surface area contributed by atoms with Crippen molar-refractivity contribution in [3.05, 3.63) is 35.9 Å². The summed E-state index contributed by atoms with van der Waals surface area (Å²) in [7, 11) is 0. The van der Waals surface area contributed by atoms with Crippen molar-refractivity contribution in [3.8, 4) is 0 Å². The molecule has 0 bridgehead atoms. The molecule has 1 aromatic carbocycles. The number of hydrogen-bond acceptors (Lipinski definition) is 2. The smallest absolute Gasteiger partial charge is 0.0621 e. The second-order valence-corrected chi connectivity index (χ2v) is 6.40. The average molecular weight is 261 g/mol. The van der Waals surface area contributed by atoms with E-state index in [2.05, 4.69) is 56.4 Å². The molecule has 1 saturated carbocycles. The lowest BCUT2D eigenvalue weighted by Gasteiger charge is -2.51. The van der Waals surface area contributed by atoms with Gasteiger partial charge in [0.05, 0.1) is 6.10 Å². The van der Waals surface area contributed by atoms with Gasteiger partial charge in [0.2, 0.25) is 0 Å². The van der Waals surface area contributed by atoms with E-state index in [9.17, 15) is 5.11 Å². The molecule has 0 amide bonds. The van der Waals surface area contributed by atoms with Crippen molar-refractivity contribution >= 4 is 0 Å². The molecule has 1 aliphatic carbocycles. The lowest BCUT2D eigenvalue weighted by molar-refractivity contribution is -0.0764. The summed E-state index contributed by atoms with van der Waals surface area (Å²) in [6, 6.07) is 11.5. The van der Waals surface area contributed by atoms with Crippen molar-refractivity contribution in [2.24, 2.45) is 5.41 Å². The van der Waals surface area contributed by atoms with Gasteiger partial charge in [0.15, 0.2) is 0 Å². The Labute approximate surface area is 117 Å². The van der Waals surface area contributed by atoms with E-state index in [1.807, 2.05) is 0 Å². The normalized spacial score (nSPS) is 26.7. The third kappa shape index (κ3) is 3.18. The first-order chi connectivity index (χ1) is 9.05. The predicted molar refractivity (Wildman–Crippen MR) is 80.0 cm³/mol. The largest absolute Gasteiger partial charge is 0.392 e. The van der Waals surface area contributed by atoms with E-state index in [0.717, 1.165) is 6.42 Å². The number of rotatable bonds is 6. The first kappa shape index (κ1) is 14.5. The van der Waals surface area contributed by atoms with E-state index in [1.54, 1.807) is 0 Å². The first-order valence-electron chi connectivity index (χ1n) is 7.54. The summed E-state index contributed by atoms with van der Waals surface area (Å²) in [6.07, 6.45) is 4.35. The molecule has 2 nitrogen and oxygen atoms in total. The van der Waals surface area contributed by atoms with Gasteiger partial charge < -0.3 is 10.4 Å². The van der Waals surface area contributed by atoms with E-state index in [4.69, 9.17) is 0 Å². The monoisotopic (exact) mass is 261 g/mol. The summed E-state index contributed by atoms with van der Waals surface area (Å²) in [6.45, 7) is 6.54. The van der Waals surface area contributed by atoms with Gasteiger partial charge in [-0.05, 0) is 18.4 Å². The van der Waals surface area contributed by atoms with Gasteiger partial charge in [0, 0.05) is 17.5 Å². The highest BCUT2D eigenvalue weighted by Crippen LogP contribution is 2.42. The third-order valence-electron chi connectivity index (χ3n) is 4.67. The predicted octanol–water partition coefficient (Wildman–Crippen LogP) is 3.67. The van der Waals surface area contributed by atoms with Crippen LogP contribution in [0, 0.1) is 5.41 Å². The summed E-state index contributed by atoms with van der Waals surface area (Å²) in [5, 5.41) is 13.6. The SMILES string of the molecule is CCCCC(NC1CC(O)C1(C)C)c1ccccc1. The molecular formula is C17H27NO. The maximum Gasteiger partial charge on any atom is 0.0621 e. The topological polar surface area (TPSA) is 32.3 Å². The van der Waals surface area contributed by atoms with Crippen molar-refractivity contribution in [3.63, 3.8) is 0 Å². The molecule has 2 rings (SSSR count). The lowest BCUT2D eigenvalue weighted by atomic mass is 9.64. The number of unbranched alkanes of at least 4 members (excludes halogenated alkanes) is 1. The Bertz CT molecular complexity index is 388. The maximum absolute atomic E-state index is 9.87.